The normalized spacial score (nSPS) is 11.8. The number of pyridine rings is 1. The largest absolute Gasteiger partial charge is 0.494 e. The number of rotatable bonds is 7. The van der Waals surface area contributed by atoms with Crippen LogP contribution in [0.2, 0.25) is 0 Å². The SMILES string of the molecule is C=C(OCC)c1cccc(Oc2ccnc(NC(=O)C3=CCN=C3)c2)c1C.CC.[HH]. The molecule has 0 saturated carbocycles. The highest BCUT2D eigenvalue weighted by Gasteiger charge is 2.13. The van der Waals surface area contributed by atoms with E-state index in [4.69, 9.17) is 9.47 Å². The molecule has 1 aromatic heterocycles. The number of aliphatic imine (C=N–C) groups is 1. The van der Waals surface area contributed by atoms with Crippen LogP contribution < -0.4 is 10.1 Å². The third kappa shape index (κ3) is 5.78. The van der Waals surface area contributed by atoms with E-state index in [1.807, 2.05) is 45.9 Å². The molecule has 6 nitrogen and oxygen atoms in total. The summed E-state index contributed by atoms with van der Waals surface area (Å²) in [7, 11) is 0. The molecule has 3 rings (SSSR count). The number of nitrogens with one attached hydrogen (secondary N) is 1. The summed E-state index contributed by atoms with van der Waals surface area (Å²) in [4.78, 5) is 20.3. The molecule has 0 atom stereocenters. The van der Waals surface area contributed by atoms with Crippen molar-refractivity contribution in [3.63, 3.8) is 0 Å². The van der Waals surface area contributed by atoms with Crippen LogP contribution in [-0.2, 0) is 9.53 Å². The van der Waals surface area contributed by atoms with Gasteiger partial charge in [0.2, 0.25) is 0 Å². The van der Waals surface area contributed by atoms with Crippen molar-refractivity contribution in [3.05, 3.63) is 65.9 Å². The Morgan fingerprint density at radius 3 is 2.79 bits per heavy atom. The van der Waals surface area contributed by atoms with Crippen molar-refractivity contribution in [2.75, 3.05) is 18.5 Å². The van der Waals surface area contributed by atoms with Crippen molar-refractivity contribution in [3.8, 4) is 11.5 Å². The maximum Gasteiger partial charge on any atom is 0.258 e. The predicted molar refractivity (Wildman–Crippen MR) is 120 cm³/mol. The fourth-order valence-corrected chi connectivity index (χ4v) is 2.64. The fourth-order valence-electron chi connectivity index (χ4n) is 2.64. The molecular weight excluding hydrogens is 366 g/mol. The summed E-state index contributed by atoms with van der Waals surface area (Å²) in [6.07, 6.45) is 4.89. The topological polar surface area (TPSA) is 72.8 Å². The summed E-state index contributed by atoms with van der Waals surface area (Å²) < 4.78 is 11.5. The highest BCUT2D eigenvalue weighted by atomic mass is 16.5. The number of hydrogen-bond donors (Lipinski definition) is 1. The summed E-state index contributed by atoms with van der Waals surface area (Å²) in [6, 6.07) is 9.10. The lowest BCUT2D eigenvalue weighted by Crippen LogP contribution is -2.15. The molecule has 0 saturated heterocycles. The van der Waals surface area contributed by atoms with Crippen LogP contribution in [-0.4, -0.2) is 30.3 Å². The molecule has 0 unspecified atom stereocenters. The van der Waals surface area contributed by atoms with Crippen LogP contribution in [0.5, 0.6) is 11.5 Å². The van der Waals surface area contributed by atoms with Crippen molar-refractivity contribution in [2.45, 2.75) is 27.7 Å². The van der Waals surface area contributed by atoms with Crippen molar-refractivity contribution in [1.29, 1.82) is 0 Å². The second kappa shape index (κ2) is 10.8. The Morgan fingerprint density at radius 2 is 2.10 bits per heavy atom. The maximum absolute atomic E-state index is 12.1. The highest BCUT2D eigenvalue weighted by molar-refractivity contribution is 6.18. The molecule has 0 aliphatic carbocycles. The Labute approximate surface area is 173 Å². The molecule has 2 aromatic rings. The number of aromatic nitrogens is 1. The zero-order chi connectivity index (χ0) is 21.2. The van der Waals surface area contributed by atoms with E-state index >= 15 is 0 Å². The van der Waals surface area contributed by atoms with Gasteiger partial charge in [0.1, 0.15) is 23.1 Å². The van der Waals surface area contributed by atoms with Crippen LogP contribution in [0.25, 0.3) is 5.76 Å². The first-order valence-corrected chi connectivity index (χ1v) is 9.65. The monoisotopic (exact) mass is 395 g/mol. The van der Waals surface area contributed by atoms with Gasteiger partial charge < -0.3 is 14.8 Å². The van der Waals surface area contributed by atoms with E-state index in [-0.39, 0.29) is 7.33 Å². The van der Waals surface area contributed by atoms with Crippen LogP contribution >= 0.6 is 0 Å². The van der Waals surface area contributed by atoms with Gasteiger partial charge in [-0.25, -0.2) is 4.98 Å². The Kier molecular flexibility index (Phi) is 8.15. The zero-order valence-electron chi connectivity index (χ0n) is 17.4. The van der Waals surface area contributed by atoms with Crippen molar-refractivity contribution >= 4 is 23.7 Å². The fraction of sp³-hybridized carbons (Fsp3) is 0.261. The molecule has 0 spiro atoms. The molecule has 6 heteroatoms. The van der Waals surface area contributed by atoms with E-state index in [0.29, 0.717) is 41.8 Å². The summed E-state index contributed by atoms with van der Waals surface area (Å²) >= 11 is 0. The molecule has 1 N–H and O–H groups in total. The standard InChI is InChI=1S/C21H21N3O3.C2H6.H2/c1-4-26-15(3)18-6-5-7-19(14(18)2)27-17-9-11-23-20(12-17)24-21(25)16-8-10-22-13-16;1-2;/h5-9,11-13H,3-4,10H2,1-2H3,(H,23,24,25);1-2H3;1H. The van der Waals surface area contributed by atoms with Crippen LogP contribution in [0, 0.1) is 6.92 Å². The number of hydrogen-bond acceptors (Lipinski definition) is 5. The van der Waals surface area contributed by atoms with E-state index in [1.165, 1.54) is 0 Å². The van der Waals surface area contributed by atoms with Crippen molar-refractivity contribution in [1.82, 2.24) is 4.98 Å². The molecule has 1 aromatic carbocycles. The summed E-state index contributed by atoms with van der Waals surface area (Å²) in [5.74, 6) is 2.02. The van der Waals surface area contributed by atoms with Crippen molar-refractivity contribution < 1.29 is 15.7 Å². The lowest BCUT2D eigenvalue weighted by molar-refractivity contribution is -0.112. The first kappa shape index (κ1) is 21.9. The first-order chi connectivity index (χ1) is 14.1. The lowest BCUT2D eigenvalue weighted by Gasteiger charge is -2.14. The zero-order valence-corrected chi connectivity index (χ0v) is 17.4. The van der Waals surface area contributed by atoms with Gasteiger partial charge in [-0.2, -0.15) is 0 Å². The third-order valence-electron chi connectivity index (χ3n) is 4.01. The van der Waals surface area contributed by atoms with E-state index in [0.717, 1.165) is 11.1 Å². The number of amides is 1. The molecule has 1 aliphatic rings. The quantitative estimate of drug-likeness (QED) is 0.636. The maximum atomic E-state index is 12.1. The summed E-state index contributed by atoms with van der Waals surface area (Å²) in [5, 5.41) is 2.75. The minimum atomic E-state index is -0.243. The van der Waals surface area contributed by atoms with Crippen LogP contribution in [0.3, 0.4) is 0 Å². The van der Waals surface area contributed by atoms with Crippen LogP contribution in [0.4, 0.5) is 5.82 Å². The van der Waals surface area contributed by atoms with Gasteiger partial charge in [-0.15, -0.1) is 0 Å². The Bertz CT molecular complexity index is 939. The van der Waals surface area contributed by atoms with Gasteiger partial charge in [-0.05, 0) is 32.1 Å². The second-order valence-electron chi connectivity index (χ2n) is 5.87. The molecule has 154 valence electrons. The number of ether oxygens (including phenoxy) is 2. The molecule has 0 fully saturated rings. The van der Waals surface area contributed by atoms with E-state index in [9.17, 15) is 4.79 Å². The highest BCUT2D eigenvalue weighted by Crippen LogP contribution is 2.31. The van der Waals surface area contributed by atoms with E-state index in [2.05, 4.69) is 21.9 Å². The molecular formula is C23H29N3O3. The Morgan fingerprint density at radius 1 is 1.31 bits per heavy atom. The molecule has 0 radical (unpaired) electrons. The second-order valence-corrected chi connectivity index (χ2v) is 5.87. The number of carbonyl (C=O) groups is 1. The van der Waals surface area contributed by atoms with Gasteiger partial charge in [0, 0.05) is 31.0 Å². The van der Waals surface area contributed by atoms with Crippen LogP contribution in [0.15, 0.2) is 59.7 Å². The van der Waals surface area contributed by atoms with Gasteiger partial charge in [-0.3, -0.25) is 9.79 Å². The van der Waals surface area contributed by atoms with Gasteiger partial charge >= 0.3 is 0 Å². The van der Waals surface area contributed by atoms with Gasteiger partial charge in [-0.1, -0.05) is 32.6 Å². The third-order valence-corrected chi connectivity index (χ3v) is 4.01. The molecule has 29 heavy (non-hydrogen) atoms. The smallest absolute Gasteiger partial charge is 0.258 e. The Hall–Kier alpha value is -3.41. The minimum absolute atomic E-state index is 0. The van der Waals surface area contributed by atoms with Gasteiger partial charge in [0.05, 0.1) is 18.7 Å². The number of nitrogens with zero attached hydrogens (tertiary/aromatic N) is 2. The first-order valence-electron chi connectivity index (χ1n) is 9.65. The average Bonchev–Trinajstić information content (AvgIpc) is 3.27. The number of anilines is 1. The molecule has 2 heterocycles. The van der Waals surface area contributed by atoms with Crippen LogP contribution in [0.1, 0.15) is 33.3 Å². The van der Waals surface area contributed by atoms with E-state index < -0.39 is 0 Å². The molecule has 1 aliphatic heterocycles. The number of benzene rings is 1. The molecule has 1 amide bonds. The summed E-state index contributed by atoms with van der Waals surface area (Å²) in [6.45, 7) is 12.9. The lowest BCUT2D eigenvalue weighted by atomic mass is 10.1. The van der Waals surface area contributed by atoms with Gasteiger partial charge in [0.15, 0.2) is 0 Å². The minimum Gasteiger partial charge on any atom is -0.494 e. The predicted octanol–water partition coefficient (Wildman–Crippen LogP) is 5.41. The number of carbonyl (C=O) groups excluding carboxylic acids is 1. The molecule has 0 bridgehead atoms. The van der Waals surface area contributed by atoms with E-state index in [1.54, 1.807) is 30.6 Å². The average molecular weight is 396 g/mol. The van der Waals surface area contributed by atoms with Gasteiger partial charge in [0.25, 0.3) is 5.91 Å². The Balaban J connectivity index is 0.00000146. The summed E-state index contributed by atoms with van der Waals surface area (Å²) in [5.41, 5.74) is 2.34. The van der Waals surface area contributed by atoms with Crippen molar-refractivity contribution in [2.24, 2.45) is 4.99 Å².